The highest BCUT2D eigenvalue weighted by Gasteiger charge is 2.17. The number of nitrogen functional groups attached to an aromatic ring is 1. The summed E-state index contributed by atoms with van der Waals surface area (Å²) in [5, 5.41) is 1.89. The number of hydrogen-bond acceptors (Lipinski definition) is 4. The molecule has 0 radical (unpaired) electrons. The molecular formula is C12H10INO2S. The number of hydrogen-bond donors (Lipinski definition) is 1. The Morgan fingerprint density at radius 3 is 2.71 bits per heavy atom. The molecule has 0 saturated heterocycles. The maximum Gasteiger partial charge on any atom is 0.350 e. The highest BCUT2D eigenvalue weighted by Crippen LogP contribution is 2.36. The predicted molar refractivity (Wildman–Crippen MR) is 78.2 cm³/mol. The molecule has 5 heteroatoms. The van der Waals surface area contributed by atoms with E-state index >= 15 is 0 Å². The van der Waals surface area contributed by atoms with Gasteiger partial charge in [-0.3, -0.25) is 0 Å². The SMILES string of the molecule is COC(=O)c1scc(-c2ccccc2I)c1N. The average molecular weight is 359 g/mol. The van der Waals surface area contributed by atoms with Gasteiger partial charge in [0.2, 0.25) is 0 Å². The van der Waals surface area contributed by atoms with E-state index < -0.39 is 0 Å². The lowest BCUT2D eigenvalue weighted by molar-refractivity contribution is 0.0607. The summed E-state index contributed by atoms with van der Waals surface area (Å²) in [6, 6.07) is 7.91. The Morgan fingerprint density at radius 1 is 1.35 bits per heavy atom. The molecule has 0 fully saturated rings. The van der Waals surface area contributed by atoms with Crippen molar-refractivity contribution in [1.82, 2.24) is 0 Å². The Morgan fingerprint density at radius 2 is 2.06 bits per heavy atom. The number of halogens is 1. The van der Waals surface area contributed by atoms with E-state index in [4.69, 9.17) is 5.73 Å². The van der Waals surface area contributed by atoms with Crippen molar-refractivity contribution in [3.63, 3.8) is 0 Å². The first kappa shape index (κ1) is 12.4. The molecule has 0 amide bonds. The van der Waals surface area contributed by atoms with Crippen LogP contribution >= 0.6 is 33.9 Å². The Kier molecular flexibility index (Phi) is 3.68. The Bertz CT molecular complexity index is 565. The van der Waals surface area contributed by atoms with Gasteiger partial charge in [0.25, 0.3) is 0 Å². The molecule has 0 saturated carbocycles. The van der Waals surface area contributed by atoms with Gasteiger partial charge in [0.1, 0.15) is 4.88 Å². The minimum absolute atomic E-state index is 0.385. The molecular weight excluding hydrogens is 349 g/mol. The van der Waals surface area contributed by atoms with E-state index in [2.05, 4.69) is 27.3 Å². The van der Waals surface area contributed by atoms with Crippen LogP contribution < -0.4 is 5.73 Å². The minimum atomic E-state index is -0.385. The zero-order valence-electron chi connectivity index (χ0n) is 9.07. The number of carbonyl (C=O) groups is 1. The van der Waals surface area contributed by atoms with Gasteiger partial charge in [0.05, 0.1) is 12.8 Å². The summed E-state index contributed by atoms with van der Waals surface area (Å²) >= 11 is 3.56. The van der Waals surface area contributed by atoms with Crippen LogP contribution in [0.25, 0.3) is 11.1 Å². The molecule has 2 aromatic rings. The molecule has 0 aliphatic rings. The van der Waals surface area contributed by atoms with Gasteiger partial charge in [-0.05, 0) is 34.2 Å². The van der Waals surface area contributed by atoms with Crippen LogP contribution in [-0.2, 0) is 4.74 Å². The van der Waals surface area contributed by atoms with E-state index in [1.807, 2.05) is 29.6 Å². The lowest BCUT2D eigenvalue weighted by Crippen LogP contribution is -2.02. The number of esters is 1. The summed E-state index contributed by atoms with van der Waals surface area (Å²) in [6.07, 6.45) is 0. The van der Waals surface area contributed by atoms with E-state index in [1.54, 1.807) is 0 Å². The normalized spacial score (nSPS) is 10.2. The van der Waals surface area contributed by atoms with Crippen molar-refractivity contribution < 1.29 is 9.53 Å². The van der Waals surface area contributed by atoms with Crippen LogP contribution in [-0.4, -0.2) is 13.1 Å². The number of carbonyl (C=O) groups excluding carboxylic acids is 1. The maximum atomic E-state index is 11.5. The lowest BCUT2D eigenvalue weighted by atomic mass is 10.1. The van der Waals surface area contributed by atoms with Gasteiger partial charge in [-0.25, -0.2) is 4.79 Å². The monoisotopic (exact) mass is 359 g/mol. The molecule has 1 aromatic heterocycles. The van der Waals surface area contributed by atoms with Crippen molar-refractivity contribution in [3.05, 3.63) is 38.1 Å². The zero-order chi connectivity index (χ0) is 12.4. The first-order chi connectivity index (χ1) is 8.15. The summed E-state index contributed by atoms with van der Waals surface area (Å²) in [7, 11) is 1.35. The van der Waals surface area contributed by atoms with Crippen LogP contribution in [0.2, 0.25) is 0 Å². The fraction of sp³-hybridized carbons (Fsp3) is 0.0833. The first-order valence-corrected chi connectivity index (χ1v) is 6.81. The predicted octanol–water partition coefficient (Wildman–Crippen LogP) is 3.39. The summed E-state index contributed by atoms with van der Waals surface area (Å²) in [5.41, 5.74) is 8.41. The van der Waals surface area contributed by atoms with Crippen LogP contribution in [0.4, 0.5) is 5.69 Å². The largest absolute Gasteiger partial charge is 0.465 e. The highest BCUT2D eigenvalue weighted by atomic mass is 127. The summed E-state index contributed by atoms with van der Waals surface area (Å²) in [4.78, 5) is 11.9. The molecule has 0 aliphatic carbocycles. The van der Waals surface area contributed by atoms with Crippen molar-refractivity contribution in [3.8, 4) is 11.1 Å². The lowest BCUT2D eigenvalue weighted by Gasteiger charge is -2.04. The van der Waals surface area contributed by atoms with Gasteiger partial charge in [-0.2, -0.15) is 0 Å². The molecule has 88 valence electrons. The zero-order valence-corrected chi connectivity index (χ0v) is 12.0. The van der Waals surface area contributed by atoms with Gasteiger partial charge in [0.15, 0.2) is 0 Å². The number of benzene rings is 1. The van der Waals surface area contributed by atoms with Gasteiger partial charge >= 0.3 is 5.97 Å². The van der Waals surface area contributed by atoms with E-state index in [1.165, 1.54) is 18.4 Å². The summed E-state index contributed by atoms with van der Waals surface area (Å²) < 4.78 is 5.79. The van der Waals surface area contributed by atoms with E-state index in [0.29, 0.717) is 10.6 Å². The van der Waals surface area contributed by atoms with E-state index in [0.717, 1.165) is 14.7 Å². The standard InChI is InChI=1S/C12H10INO2S/c1-16-12(15)11-10(14)8(6-17-11)7-4-2-3-5-9(7)13/h2-6H,14H2,1H3. The number of thiophene rings is 1. The second-order valence-corrected chi connectivity index (χ2v) is 5.41. The Labute approximate surface area is 117 Å². The molecule has 2 N–H and O–H groups in total. The smallest absolute Gasteiger partial charge is 0.350 e. The van der Waals surface area contributed by atoms with Crippen molar-refractivity contribution >= 4 is 45.6 Å². The highest BCUT2D eigenvalue weighted by molar-refractivity contribution is 14.1. The molecule has 3 nitrogen and oxygen atoms in total. The Balaban J connectivity index is 2.52. The van der Waals surface area contributed by atoms with Gasteiger partial charge in [-0.15, -0.1) is 11.3 Å². The third kappa shape index (κ3) is 2.30. The topological polar surface area (TPSA) is 52.3 Å². The molecule has 0 unspecified atom stereocenters. The van der Waals surface area contributed by atoms with Crippen LogP contribution in [0.3, 0.4) is 0 Å². The molecule has 0 aliphatic heterocycles. The number of rotatable bonds is 2. The van der Waals surface area contributed by atoms with Crippen molar-refractivity contribution in [2.75, 3.05) is 12.8 Å². The summed E-state index contributed by atoms with van der Waals surface area (Å²) in [5.74, 6) is -0.385. The fourth-order valence-corrected chi connectivity index (χ4v) is 3.09. The maximum absolute atomic E-state index is 11.5. The molecule has 0 spiro atoms. The quantitative estimate of drug-likeness (QED) is 0.661. The number of ether oxygens (including phenoxy) is 1. The number of anilines is 1. The van der Waals surface area contributed by atoms with Crippen LogP contribution in [0.15, 0.2) is 29.6 Å². The van der Waals surface area contributed by atoms with Gasteiger partial charge in [-0.1, -0.05) is 18.2 Å². The second kappa shape index (κ2) is 5.05. The molecule has 0 bridgehead atoms. The van der Waals surface area contributed by atoms with Crippen molar-refractivity contribution in [1.29, 1.82) is 0 Å². The molecule has 2 rings (SSSR count). The average Bonchev–Trinajstić information content (AvgIpc) is 2.71. The van der Waals surface area contributed by atoms with Gasteiger partial charge in [0, 0.05) is 14.5 Å². The van der Waals surface area contributed by atoms with E-state index in [-0.39, 0.29) is 5.97 Å². The third-order valence-corrected chi connectivity index (χ3v) is 4.28. The van der Waals surface area contributed by atoms with Gasteiger partial charge < -0.3 is 10.5 Å². The minimum Gasteiger partial charge on any atom is -0.465 e. The Hall–Kier alpha value is -1.08. The van der Waals surface area contributed by atoms with Crippen molar-refractivity contribution in [2.24, 2.45) is 0 Å². The van der Waals surface area contributed by atoms with Crippen molar-refractivity contribution in [2.45, 2.75) is 0 Å². The van der Waals surface area contributed by atoms with Crippen LogP contribution in [0, 0.1) is 3.57 Å². The molecule has 0 atom stereocenters. The third-order valence-electron chi connectivity index (χ3n) is 2.36. The first-order valence-electron chi connectivity index (χ1n) is 4.85. The fourth-order valence-electron chi connectivity index (χ4n) is 1.51. The van der Waals surface area contributed by atoms with E-state index in [9.17, 15) is 4.79 Å². The second-order valence-electron chi connectivity index (χ2n) is 3.36. The van der Waals surface area contributed by atoms with Crippen LogP contribution in [0.5, 0.6) is 0 Å². The summed E-state index contributed by atoms with van der Waals surface area (Å²) in [6.45, 7) is 0. The molecule has 1 heterocycles. The van der Waals surface area contributed by atoms with Crippen LogP contribution in [0.1, 0.15) is 9.67 Å². The number of nitrogens with two attached hydrogens (primary N) is 1. The number of methoxy groups -OCH3 is 1. The molecule has 1 aromatic carbocycles. The molecule has 17 heavy (non-hydrogen) atoms.